The predicted octanol–water partition coefficient (Wildman–Crippen LogP) is 5.17. The molecule has 0 saturated carbocycles. The van der Waals surface area contributed by atoms with Gasteiger partial charge in [0.25, 0.3) is 5.91 Å². The standard InChI is InChI=1S/C22H27Br2N4O6P/c1-27(2)22(29)15-3-6-17(7-4-15)33-21-14-18-16(13-19(21)28(30)31)5-8-20(18)34-35(32,25-11-9-23)26-12-10-24/h3-4,6-7,13-14,20H,5,8-12H2,1-2H3,(H2,25,26,32). The zero-order chi connectivity index (χ0) is 25.6. The van der Waals surface area contributed by atoms with Crippen LogP contribution in [-0.2, 0) is 15.5 Å². The quantitative estimate of drug-likeness (QED) is 0.142. The summed E-state index contributed by atoms with van der Waals surface area (Å²) in [5.41, 5.74) is 1.76. The van der Waals surface area contributed by atoms with Gasteiger partial charge in [0.15, 0.2) is 0 Å². The summed E-state index contributed by atoms with van der Waals surface area (Å²) in [6.45, 7) is 0.875. The number of fused-ring (bicyclic) bond motifs is 1. The van der Waals surface area contributed by atoms with Crippen LogP contribution in [0.2, 0.25) is 0 Å². The Morgan fingerprint density at radius 3 is 2.34 bits per heavy atom. The second kappa shape index (κ2) is 12.4. The number of rotatable bonds is 12. The van der Waals surface area contributed by atoms with Crippen molar-refractivity contribution in [2.45, 2.75) is 18.9 Å². The molecule has 13 heteroatoms. The van der Waals surface area contributed by atoms with E-state index in [9.17, 15) is 19.5 Å². The summed E-state index contributed by atoms with van der Waals surface area (Å²) >= 11 is 6.63. The first-order valence-corrected chi connectivity index (χ1v) is 14.8. The molecule has 1 atom stereocenters. The van der Waals surface area contributed by atoms with Crippen LogP contribution >= 0.6 is 39.5 Å². The number of carbonyl (C=O) groups excluding carboxylic acids is 1. The van der Waals surface area contributed by atoms with Crippen molar-refractivity contribution >= 4 is 51.1 Å². The first-order chi connectivity index (χ1) is 16.7. The monoisotopic (exact) mass is 632 g/mol. The number of halogens is 2. The third kappa shape index (κ3) is 7.12. The van der Waals surface area contributed by atoms with E-state index in [0.29, 0.717) is 53.5 Å². The van der Waals surface area contributed by atoms with Crippen LogP contribution in [0.3, 0.4) is 0 Å². The van der Waals surface area contributed by atoms with Gasteiger partial charge in [-0.2, -0.15) is 0 Å². The lowest BCUT2D eigenvalue weighted by Gasteiger charge is -2.24. The lowest BCUT2D eigenvalue weighted by molar-refractivity contribution is -0.385. The molecular weight excluding hydrogens is 607 g/mol. The van der Waals surface area contributed by atoms with Crippen molar-refractivity contribution in [3.63, 3.8) is 0 Å². The van der Waals surface area contributed by atoms with Crippen LogP contribution in [0.5, 0.6) is 11.5 Å². The maximum atomic E-state index is 13.3. The number of carbonyl (C=O) groups is 1. The second-order valence-electron chi connectivity index (χ2n) is 7.98. The number of nitro groups is 1. The van der Waals surface area contributed by atoms with Gasteiger partial charge < -0.3 is 9.64 Å². The molecule has 0 spiro atoms. The van der Waals surface area contributed by atoms with Crippen molar-refractivity contribution < 1.29 is 23.5 Å². The maximum Gasteiger partial charge on any atom is 0.341 e. The Labute approximate surface area is 220 Å². The molecule has 2 aromatic rings. The molecule has 2 N–H and O–H groups in total. The summed E-state index contributed by atoms with van der Waals surface area (Å²) < 4.78 is 25.2. The summed E-state index contributed by atoms with van der Waals surface area (Å²) in [6.07, 6.45) is 0.566. The van der Waals surface area contributed by atoms with Gasteiger partial charge in [-0.05, 0) is 54.3 Å². The number of ether oxygens (including phenoxy) is 1. The largest absolute Gasteiger partial charge is 0.450 e. The molecule has 0 bridgehead atoms. The topological polar surface area (TPSA) is 123 Å². The molecule has 1 unspecified atom stereocenters. The van der Waals surface area contributed by atoms with Gasteiger partial charge in [0.05, 0.1) is 11.0 Å². The number of aryl methyl sites for hydroxylation is 1. The summed E-state index contributed by atoms with van der Waals surface area (Å²) in [4.78, 5) is 24.8. The minimum Gasteiger partial charge on any atom is -0.450 e. The lowest BCUT2D eigenvalue weighted by atomic mass is 10.1. The van der Waals surface area contributed by atoms with Crippen molar-refractivity contribution in [3.05, 3.63) is 63.2 Å². The molecule has 0 heterocycles. The van der Waals surface area contributed by atoms with Crippen molar-refractivity contribution in [2.24, 2.45) is 0 Å². The Morgan fingerprint density at radius 1 is 1.17 bits per heavy atom. The van der Waals surface area contributed by atoms with Crippen LogP contribution in [-0.4, -0.2) is 53.6 Å². The summed E-state index contributed by atoms with van der Waals surface area (Å²) in [5, 5.41) is 18.8. The van der Waals surface area contributed by atoms with Gasteiger partial charge in [0.2, 0.25) is 5.75 Å². The molecule has 1 amide bonds. The molecule has 0 saturated heterocycles. The Bertz CT molecular complexity index is 1100. The Balaban J connectivity index is 1.88. The van der Waals surface area contributed by atoms with E-state index in [1.807, 2.05) is 0 Å². The first kappa shape index (κ1) is 27.8. The highest BCUT2D eigenvalue weighted by atomic mass is 79.9. The smallest absolute Gasteiger partial charge is 0.341 e. The third-order valence-corrected chi connectivity index (χ3v) is 7.90. The van der Waals surface area contributed by atoms with E-state index in [1.54, 1.807) is 44.4 Å². The van der Waals surface area contributed by atoms with Gasteiger partial charge in [0, 0.05) is 49.5 Å². The van der Waals surface area contributed by atoms with E-state index < -0.39 is 18.7 Å². The van der Waals surface area contributed by atoms with Gasteiger partial charge in [0.1, 0.15) is 5.75 Å². The molecule has 1 aliphatic carbocycles. The van der Waals surface area contributed by atoms with Crippen LogP contribution in [0.1, 0.15) is 34.0 Å². The zero-order valence-corrected chi connectivity index (χ0v) is 23.4. The zero-order valence-electron chi connectivity index (χ0n) is 19.3. The van der Waals surface area contributed by atoms with Crippen molar-refractivity contribution in [2.75, 3.05) is 37.8 Å². The van der Waals surface area contributed by atoms with Crippen LogP contribution < -0.4 is 14.9 Å². The average Bonchev–Trinajstić information content (AvgIpc) is 3.22. The van der Waals surface area contributed by atoms with E-state index >= 15 is 0 Å². The Kier molecular flexibility index (Phi) is 9.86. The molecule has 2 aromatic carbocycles. The van der Waals surface area contributed by atoms with Crippen LogP contribution in [0.25, 0.3) is 0 Å². The van der Waals surface area contributed by atoms with Gasteiger partial charge in [-0.1, -0.05) is 31.9 Å². The van der Waals surface area contributed by atoms with Crippen LogP contribution in [0, 0.1) is 10.1 Å². The van der Waals surface area contributed by atoms with Gasteiger partial charge >= 0.3 is 13.4 Å². The number of alkyl halides is 2. The molecule has 0 aromatic heterocycles. The van der Waals surface area contributed by atoms with Crippen molar-refractivity contribution in [1.29, 1.82) is 0 Å². The minimum absolute atomic E-state index is 0.0487. The number of hydrogen-bond acceptors (Lipinski definition) is 6. The fraction of sp³-hybridized carbons (Fsp3) is 0.409. The number of hydrogen-bond donors (Lipinski definition) is 2. The van der Waals surface area contributed by atoms with Crippen LogP contribution in [0.15, 0.2) is 36.4 Å². The number of nitro benzene ring substituents is 1. The number of amides is 1. The molecule has 10 nitrogen and oxygen atoms in total. The molecular formula is C22H27Br2N4O6P. The molecule has 1 aliphatic rings. The normalized spacial score (nSPS) is 15.0. The van der Waals surface area contributed by atoms with Gasteiger partial charge in [-0.3, -0.25) is 24.0 Å². The van der Waals surface area contributed by atoms with Gasteiger partial charge in [-0.25, -0.2) is 10.2 Å². The van der Waals surface area contributed by atoms with Crippen LogP contribution in [0.4, 0.5) is 5.69 Å². The second-order valence-corrected chi connectivity index (χ2v) is 11.5. The number of nitrogens with zero attached hydrogens (tertiary/aromatic N) is 2. The predicted molar refractivity (Wildman–Crippen MR) is 141 cm³/mol. The highest BCUT2D eigenvalue weighted by Crippen LogP contribution is 2.49. The van der Waals surface area contributed by atoms with Gasteiger partial charge in [-0.15, -0.1) is 0 Å². The highest BCUT2D eigenvalue weighted by Gasteiger charge is 2.34. The summed E-state index contributed by atoms with van der Waals surface area (Å²) in [6, 6.07) is 9.45. The molecule has 3 rings (SSSR count). The van der Waals surface area contributed by atoms with Crippen molar-refractivity contribution in [3.8, 4) is 11.5 Å². The SMILES string of the molecule is CN(C)C(=O)c1ccc(Oc2cc3c(cc2[N+](=O)[O-])CCC3OP(=O)(NCCBr)NCCBr)cc1. The van der Waals surface area contributed by atoms with E-state index in [-0.39, 0.29) is 17.3 Å². The average molecular weight is 634 g/mol. The Morgan fingerprint density at radius 2 is 1.80 bits per heavy atom. The lowest BCUT2D eigenvalue weighted by Crippen LogP contribution is -2.27. The molecule has 190 valence electrons. The Hall–Kier alpha value is -1.82. The highest BCUT2D eigenvalue weighted by molar-refractivity contribution is 9.09. The summed E-state index contributed by atoms with van der Waals surface area (Å²) in [5.74, 6) is 0.238. The fourth-order valence-corrected chi connectivity index (χ4v) is 6.32. The minimum atomic E-state index is -3.36. The molecule has 0 aliphatic heterocycles. The van der Waals surface area contributed by atoms with E-state index in [4.69, 9.17) is 9.26 Å². The fourth-order valence-electron chi connectivity index (χ4n) is 3.66. The maximum absolute atomic E-state index is 13.3. The van der Waals surface area contributed by atoms with E-state index in [0.717, 1.165) is 5.56 Å². The number of benzene rings is 2. The van der Waals surface area contributed by atoms with E-state index in [2.05, 4.69) is 42.0 Å². The van der Waals surface area contributed by atoms with E-state index in [1.165, 1.54) is 11.0 Å². The number of nitrogens with one attached hydrogen (secondary N) is 2. The summed E-state index contributed by atoms with van der Waals surface area (Å²) in [7, 11) is -0.0523. The molecule has 35 heavy (non-hydrogen) atoms. The molecule has 0 radical (unpaired) electrons. The first-order valence-electron chi connectivity index (χ1n) is 10.9. The third-order valence-electron chi connectivity index (χ3n) is 5.28. The van der Waals surface area contributed by atoms with Crippen molar-refractivity contribution in [1.82, 2.24) is 15.1 Å². The molecule has 0 fully saturated rings.